The van der Waals surface area contributed by atoms with E-state index in [9.17, 15) is 18.0 Å². The van der Waals surface area contributed by atoms with Gasteiger partial charge in [0.25, 0.3) is 0 Å². The molecule has 1 unspecified atom stereocenters. The summed E-state index contributed by atoms with van der Waals surface area (Å²) in [6, 6.07) is 5.23. The van der Waals surface area contributed by atoms with E-state index in [1.165, 1.54) is 17.8 Å². The first-order valence-electron chi connectivity index (χ1n) is 6.01. The van der Waals surface area contributed by atoms with E-state index in [-0.39, 0.29) is 11.3 Å². The van der Waals surface area contributed by atoms with Crippen molar-refractivity contribution in [2.75, 3.05) is 12.3 Å². The molecule has 1 aliphatic rings. The molecular formula is C13H14F3NOS. The highest BCUT2D eigenvalue weighted by Crippen LogP contribution is 2.40. The topological polar surface area (TPSA) is 20.3 Å². The lowest BCUT2D eigenvalue weighted by atomic mass is 10.1. The van der Waals surface area contributed by atoms with Crippen LogP contribution in [0.3, 0.4) is 0 Å². The molecule has 0 bridgehead atoms. The van der Waals surface area contributed by atoms with Crippen LogP contribution in [-0.4, -0.2) is 23.1 Å². The normalized spacial score (nSPS) is 19.8. The fraction of sp³-hybridized carbons (Fsp3) is 0.462. The average molecular weight is 289 g/mol. The van der Waals surface area contributed by atoms with Crippen LogP contribution in [0.5, 0.6) is 0 Å². The number of thioether (sulfide) groups is 1. The summed E-state index contributed by atoms with van der Waals surface area (Å²) in [5.74, 6) is 0.736. The zero-order chi connectivity index (χ0) is 14.0. The van der Waals surface area contributed by atoms with Crippen molar-refractivity contribution in [1.82, 2.24) is 4.90 Å². The molecule has 0 aromatic heterocycles. The number of alkyl halides is 3. The Morgan fingerprint density at radius 2 is 2.21 bits per heavy atom. The molecule has 1 saturated heterocycles. The smallest absolute Gasteiger partial charge is 0.326 e. The van der Waals surface area contributed by atoms with E-state index in [4.69, 9.17) is 0 Å². The minimum Gasteiger partial charge on any atom is -0.326 e. The quantitative estimate of drug-likeness (QED) is 0.827. The number of hydrogen-bond acceptors (Lipinski definition) is 2. The third-order valence-electron chi connectivity index (χ3n) is 3.01. The van der Waals surface area contributed by atoms with Crippen LogP contribution in [0.25, 0.3) is 0 Å². The van der Waals surface area contributed by atoms with E-state index < -0.39 is 11.7 Å². The Hall–Kier alpha value is -1.17. The minimum absolute atomic E-state index is 0.0209. The number of hydrogen-bond donors (Lipinski definition) is 0. The van der Waals surface area contributed by atoms with Crippen LogP contribution < -0.4 is 0 Å². The van der Waals surface area contributed by atoms with Crippen LogP contribution in [-0.2, 0) is 11.0 Å². The number of rotatable bonds is 2. The number of halogens is 3. The molecule has 1 atom stereocenters. The van der Waals surface area contributed by atoms with Crippen molar-refractivity contribution < 1.29 is 18.0 Å². The van der Waals surface area contributed by atoms with Crippen molar-refractivity contribution in [2.24, 2.45) is 0 Å². The molecule has 1 aromatic rings. The van der Waals surface area contributed by atoms with Crippen molar-refractivity contribution in [3.05, 3.63) is 35.4 Å². The Balaban J connectivity index is 2.29. The predicted molar refractivity (Wildman–Crippen MR) is 68.6 cm³/mol. The van der Waals surface area contributed by atoms with Crippen molar-refractivity contribution in [2.45, 2.75) is 24.9 Å². The first kappa shape index (κ1) is 14.2. The monoisotopic (exact) mass is 289 g/mol. The van der Waals surface area contributed by atoms with E-state index in [2.05, 4.69) is 0 Å². The van der Waals surface area contributed by atoms with E-state index >= 15 is 0 Å². The van der Waals surface area contributed by atoms with E-state index in [0.717, 1.165) is 17.9 Å². The van der Waals surface area contributed by atoms with Gasteiger partial charge in [0.2, 0.25) is 5.91 Å². The number of benzene rings is 1. The molecular weight excluding hydrogens is 275 g/mol. The Bertz CT molecular complexity index is 475. The van der Waals surface area contributed by atoms with Gasteiger partial charge in [-0.3, -0.25) is 4.79 Å². The van der Waals surface area contributed by atoms with Gasteiger partial charge in [0.1, 0.15) is 5.37 Å². The third kappa shape index (κ3) is 3.05. The van der Waals surface area contributed by atoms with Crippen molar-refractivity contribution in [3.8, 4) is 0 Å². The first-order chi connectivity index (χ1) is 8.93. The Morgan fingerprint density at radius 3 is 2.84 bits per heavy atom. The van der Waals surface area contributed by atoms with Gasteiger partial charge in [-0.1, -0.05) is 19.1 Å². The van der Waals surface area contributed by atoms with Gasteiger partial charge >= 0.3 is 6.18 Å². The number of carbonyl (C=O) groups is 1. The highest BCUT2D eigenvalue weighted by molar-refractivity contribution is 7.99. The predicted octanol–water partition coefficient (Wildman–Crippen LogP) is 3.69. The van der Waals surface area contributed by atoms with Crippen LogP contribution in [0.2, 0.25) is 0 Å². The van der Waals surface area contributed by atoms with Gasteiger partial charge in [0.15, 0.2) is 0 Å². The molecule has 0 saturated carbocycles. The fourth-order valence-electron chi connectivity index (χ4n) is 2.07. The van der Waals surface area contributed by atoms with Gasteiger partial charge in [-0.15, -0.1) is 11.8 Å². The molecule has 1 aliphatic heterocycles. The summed E-state index contributed by atoms with van der Waals surface area (Å²) in [7, 11) is 0. The zero-order valence-corrected chi connectivity index (χ0v) is 11.2. The van der Waals surface area contributed by atoms with Crippen LogP contribution in [0, 0.1) is 0 Å². The van der Waals surface area contributed by atoms with Gasteiger partial charge in [-0.25, -0.2) is 0 Å². The summed E-state index contributed by atoms with van der Waals surface area (Å²) >= 11 is 1.50. The lowest BCUT2D eigenvalue weighted by Crippen LogP contribution is -2.29. The first-order valence-corrected chi connectivity index (χ1v) is 7.06. The van der Waals surface area contributed by atoms with Gasteiger partial charge < -0.3 is 4.90 Å². The van der Waals surface area contributed by atoms with Gasteiger partial charge in [-0.05, 0) is 17.7 Å². The zero-order valence-electron chi connectivity index (χ0n) is 10.4. The molecule has 0 spiro atoms. The fourth-order valence-corrected chi connectivity index (χ4v) is 3.34. The molecule has 0 N–H and O–H groups in total. The largest absolute Gasteiger partial charge is 0.416 e. The molecule has 2 rings (SSSR count). The molecule has 1 heterocycles. The summed E-state index contributed by atoms with van der Waals surface area (Å²) in [5.41, 5.74) is -0.125. The third-order valence-corrected chi connectivity index (χ3v) is 4.27. The lowest BCUT2D eigenvalue weighted by Gasteiger charge is -2.24. The summed E-state index contributed by atoms with van der Waals surface area (Å²) in [5, 5.41) is -0.297. The molecule has 1 amide bonds. The van der Waals surface area contributed by atoms with Gasteiger partial charge in [0.05, 0.1) is 5.56 Å². The summed E-state index contributed by atoms with van der Waals surface area (Å²) in [6.07, 6.45) is -3.98. The molecule has 1 aromatic carbocycles. The molecule has 2 nitrogen and oxygen atoms in total. The van der Waals surface area contributed by atoms with Crippen LogP contribution in [0.1, 0.15) is 29.8 Å². The molecule has 1 fully saturated rings. The van der Waals surface area contributed by atoms with Crippen molar-refractivity contribution in [3.63, 3.8) is 0 Å². The molecule has 0 aliphatic carbocycles. The second kappa shape index (κ2) is 5.45. The molecule has 19 heavy (non-hydrogen) atoms. The summed E-state index contributed by atoms with van der Waals surface area (Å²) in [4.78, 5) is 13.4. The van der Waals surface area contributed by atoms with Gasteiger partial charge in [-0.2, -0.15) is 13.2 Å². The Labute approximate surface area is 114 Å². The lowest BCUT2D eigenvalue weighted by molar-refractivity contribution is -0.137. The second-order valence-corrected chi connectivity index (χ2v) is 5.48. The van der Waals surface area contributed by atoms with E-state index in [1.807, 2.05) is 0 Å². The highest BCUT2D eigenvalue weighted by atomic mass is 32.2. The standard InChI is InChI=1S/C13H14F3NOS/c1-2-11(18)17-6-7-19-12(17)9-4-3-5-10(8-9)13(14,15)16/h3-5,8,12H,2,6-7H2,1H3. The minimum atomic E-state index is -4.35. The molecule has 6 heteroatoms. The molecule has 0 radical (unpaired) electrons. The summed E-state index contributed by atoms with van der Waals surface area (Å²) in [6.45, 7) is 2.35. The maximum Gasteiger partial charge on any atom is 0.416 e. The van der Waals surface area contributed by atoms with E-state index in [1.54, 1.807) is 17.9 Å². The number of nitrogens with zero attached hydrogens (tertiary/aromatic N) is 1. The van der Waals surface area contributed by atoms with Crippen LogP contribution in [0.15, 0.2) is 24.3 Å². The SMILES string of the molecule is CCC(=O)N1CCSC1c1cccc(C(F)(F)F)c1. The van der Waals surface area contributed by atoms with Gasteiger partial charge in [0, 0.05) is 18.7 Å². The maximum atomic E-state index is 12.7. The van der Waals surface area contributed by atoms with E-state index in [0.29, 0.717) is 18.5 Å². The highest BCUT2D eigenvalue weighted by Gasteiger charge is 2.34. The van der Waals surface area contributed by atoms with Crippen LogP contribution in [0.4, 0.5) is 13.2 Å². The Kier molecular flexibility index (Phi) is 4.08. The summed E-state index contributed by atoms with van der Waals surface area (Å²) < 4.78 is 38.1. The average Bonchev–Trinajstić information content (AvgIpc) is 2.86. The number of carbonyl (C=O) groups excluding carboxylic acids is 1. The second-order valence-electron chi connectivity index (χ2n) is 4.29. The van der Waals surface area contributed by atoms with Crippen molar-refractivity contribution >= 4 is 17.7 Å². The maximum absolute atomic E-state index is 12.7. The Morgan fingerprint density at radius 1 is 1.47 bits per heavy atom. The number of amides is 1. The van der Waals surface area contributed by atoms with Crippen LogP contribution >= 0.6 is 11.8 Å². The van der Waals surface area contributed by atoms with Crippen molar-refractivity contribution in [1.29, 1.82) is 0 Å². The molecule has 104 valence electrons.